The first kappa shape index (κ1) is 12.9. The molecular formula is C14H17N3O3. The second-order valence-electron chi connectivity index (χ2n) is 4.99. The number of fused-ring (bicyclic) bond motifs is 1. The normalized spacial score (nSPS) is 19.1. The number of hydrogen-bond acceptors (Lipinski definition) is 4. The van der Waals surface area contributed by atoms with Crippen LogP contribution in [0.1, 0.15) is 35.1 Å². The highest BCUT2D eigenvalue weighted by Gasteiger charge is 2.24. The van der Waals surface area contributed by atoms with Crippen LogP contribution in [0.3, 0.4) is 0 Å². The predicted octanol–water partition coefficient (Wildman–Crippen LogP) is 1.51. The van der Waals surface area contributed by atoms with E-state index in [-0.39, 0.29) is 11.6 Å². The SMILES string of the molecule is COc1ccn2c(C3CCCNC3)nc(C(=O)O)c2c1. The maximum Gasteiger partial charge on any atom is 0.356 e. The van der Waals surface area contributed by atoms with E-state index in [1.54, 1.807) is 13.2 Å². The van der Waals surface area contributed by atoms with Crippen LogP contribution in [-0.2, 0) is 0 Å². The van der Waals surface area contributed by atoms with Crippen LogP contribution < -0.4 is 10.1 Å². The molecule has 0 radical (unpaired) electrons. The van der Waals surface area contributed by atoms with Crippen molar-refractivity contribution < 1.29 is 14.6 Å². The first-order valence-corrected chi connectivity index (χ1v) is 6.70. The Kier molecular flexibility index (Phi) is 3.31. The Morgan fingerprint density at radius 3 is 3.10 bits per heavy atom. The molecule has 1 atom stereocenters. The number of ether oxygens (including phenoxy) is 1. The summed E-state index contributed by atoms with van der Waals surface area (Å²) in [5, 5.41) is 12.7. The summed E-state index contributed by atoms with van der Waals surface area (Å²) in [5.74, 6) is 0.684. The highest BCUT2D eigenvalue weighted by Crippen LogP contribution is 2.27. The van der Waals surface area contributed by atoms with Gasteiger partial charge in [0.05, 0.1) is 12.6 Å². The third-order valence-corrected chi connectivity index (χ3v) is 3.74. The minimum absolute atomic E-state index is 0.0875. The van der Waals surface area contributed by atoms with Gasteiger partial charge in [0.1, 0.15) is 11.6 Å². The van der Waals surface area contributed by atoms with Crippen LogP contribution >= 0.6 is 0 Å². The van der Waals surface area contributed by atoms with Crippen molar-refractivity contribution in [3.05, 3.63) is 29.8 Å². The molecule has 106 valence electrons. The van der Waals surface area contributed by atoms with Crippen molar-refractivity contribution in [2.24, 2.45) is 0 Å². The fourth-order valence-corrected chi connectivity index (χ4v) is 2.73. The number of carbonyl (C=O) groups is 1. The van der Waals surface area contributed by atoms with Crippen LogP contribution in [0.2, 0.25) is 0 Å². The molecule has 0 aromatic carbocycles. The van der Waals surface area contributed by atoms with E-state index in [0.717, 1.165) is 31.8 Å². The number of nitrogens with zero attached hydrogens (tertiary/aromatic N) is 2. The van der Waals surface area contributed by atoms with E-state index < -0.39 is 5.97 Å². The Balaban J connectivity index is 2.14. The number of nitrogens with one attached hydrogen (secondary N) is 1. The molecule has 3 heterocycles. The molecule has 6 heteroatoms. The van der Waals surface area contributed by atoms with E-state index in [2.05, 4.69) is 10.3 Å². The predicted molar refractivity (Wildman–Crippen MR) is 73.5 cm³/mol. The van der Waals surface area contributed by atoms with Crippen LogP contribution in [0, 0.1) is 0 Å². The van der Waals surface area contributed by atoms with Gasteiger partial charge in [0.15, 0.2) is 5.69 Å². The van der Waals surface area contributed by atoms with Gasteiger partial charge < -0.3 is 19.6 Å². The number of carboxylic acids is 1. The minimum atomic E-state index is -1.01. The van der Waals surface area contributed by atoms with Crippen molar-refractivity contribution in [1.82, 2.24) is 14.7 Å². The number of carboxylic acid groups (broad SMARTS) is 1. The lowest BCUT2D eigenvalue weighted by Gasteiger charge is -2.21. The summed E-state index contributed by atoms with van der Waals surface area (Å²) >= 11 is 0. The zero-order chi connectivity index (χ0) is 14.1. The summed E-state index contributed by atoms with van der Waals surface area (Å²) in [7, 11) is 1.56. The van der Waals surface area contributed by atoms with Crippen molar-refractivity contribution in [3.8, 4) is 5.75 Å². The van der Waals surface area contributed by atoms with Crippen molar-refractivity contribution in [3.63, 3.8) is 0 Å². The molecule has 1 saturated heterocycles. The topological polar surface area (TPSA) is 75.9 Å². The monoisotopic (exact) mass is 275 g/mol. The first-order chi connectivity index (χ1) is 9.70. The van der Waals surface area contributed by atoms with E-state index in [9.17, 15) is 9.90 Å². The molecule has 1 aliphatic heterocycles. The van der Waals surface area contributed by atoms with E-state index in [1.807, 2.05) is 16.7 Å². The molecule has 0 bridgehead atoms. The third kappa shape index (κ3) is 2.12. The van der Waals surface area contributed by atoms with Crippen LogP contribution in [0.4, 0.5) is 0 Å². The molecule has 0 spiro atoms. The summed E-state index contributed by atoms with van der Waals surface area (Å²) in [6.45, 7) is 1.85. The van der Waals surface area contributed by atoms with Crippen molar-refractivity contribution >= 4 is 11.5 Å². The highest BCUT2D eigenvalue weighted by molar-refractivity contribution is 5.94. The smallest absolute Gasteiger partial charge is 0.356 e. The zero-order valence-corrected chi connectivity index (χ0v) is 11.3. The Morgan fingerprint density at radius 2 is 2.45 bits per heavy atom. The zero-order valence-electron chi connectivity index (χ0n) is 11.3. The van der Waals surface area contributed by atoms with Crippen LogP contribution in [0.15, 0.2) is 18.3 Å². The number of methoxy groups -OCH3 is 1. The average Bonchev–Trinajstić information content (AvgIpc) is 2.87. The van der Waals surface area contributed by atoms with E-state index in [1.165, 1.54) is 0 Å². The maximum atomic E-state index is 11.4. The standard InChI is InChI=1S/C14H17N3O3/c1-20-10-4-6-17-11(7-10)12(14(18)19)16-13(17)9-3-2-5-15-8-9/h4,6-7,9,15H,2-3,5,8H2,1H3,(H,18,19). The lowest BCUT2D eigenvalue weighted by molar-refractivity contribution is 0.0693. The Hall–Kier alpha value is -2.08. The number of aromatic nitrogens is 2. The van der Waals surface area contributed by atoms with Gasteiger partial charge in [-0.1, -0.05) is 0 Å². The van der Waals surface area contributed by atoms with Crippen LogP contribution in [0.5, 0.6) is 5.75 Å². The Bertz CT molecular complexity index is 644. The van der Waals surface area contributed by atoms with Crippen LogP contribution in [0.25, 0.3) is 5.52 Å². The van der Waals surface area contributed by atoms with Crippen molar-refractivity contribution in [2.75, 3.05) is 20.2 Å². The number of pyridine rings is 1. The fourth-order valence-electron chi connectivity index (χ4n) is 2.73. The van der Waals surface area contributed by atoms with E-state index >= 15 is 0 Å². The molecule has 2 aromatic rings. The number of hydrogen-bond donors (Lipinski definition) is 2. The second kappa shape index (κ2) is 5.13. The highest BCUT2D eigenvalue weighted by atomic mass is 16.5. The molecular weight excluding hydrogens is 258 g/mol. The molecule has 6 nitrogen and oxygen atoms in total. The Labute approximate surface area is 116 Å². The van der Waals surface area contributed by atoms with Gasteiger partial charge in [0.25, 0.3) is 0 Å². The second-order valence-corrected chi connectivity index (χ2v) is 4.99. The molecule has 2 aromatic heterocycles. The average molecular weight is 275 g/mol. The van der Waals surface area contributed by atoms with Gasteiger partial charge in [-0.25, -0.2) is 9.78 Å². The summed E-state index contributed by atoms with van der Waals surface area (Å²) in [4.78, 5) is 15.7. The summed E-state index contributed by atoms with van der Waals surface area (Å²) in [6, 6.07) is 3.54. The van der Waals surface area contributed by atoms with Gasteiger partial charge in [-0.3, -0.25) is 0 Å². The third-order valence-electron chi connectivity index (χ3n) is 3.74. The van der Waals surface area contributed by atoms with Gasteiger partial charge in [-0.15, -0.1) is 0 Å². The summed E-state index contributed by atoms with van der Waals surface area (Å²) in [5.41, 5.74) is 0.668. The number of piperidine rings is 1. The molecule has 0 saturated carbocycles. The molecule has 20 heavy (non-hydrogen) atoms. The molecule has 0 aliphatic carbocycles. The molecule has 1 fully saturated rings. The number of rotatable bonds is 3. The minimum Gasteiger partial charge on any atom is -0.497 e. The molecule has 2 N–H and O–H groups in total. The quantitative estimate of drug-likeness (QED) is 0.888. The molecule has 3 rings (SSSR count). The number of imidazole rings is 1. The summed E-state index contributed by atoms with van der Waals surface area (Å²) < 4.78 is 7.03. The molecule has 1 aliphatic rings. The van der Waals surface area contributed by atoms with Gasteiger partial charge in [-0.05, 0) is 25.5 Å². The van der Waals surface area contributed by atoms with Gasteiger partial charge in [0.2, 0.25) is 0 Å². The van der Waals surface area contributed by atoms with Crippen molar-refractivity contribution in [2.45, 2.75) is 18.8 Å². The Morgan fingerprint density at radius 1 is 1.60 bits per heavy atom. The van der Waals surface area contributed by atoms with Gasteiger partial charge >= 0.3 is 5.97 Å². The van der Waals surface area contributed by atoms with E-state index in [4.69, 9.17) is 4.74 Å². The van der Waals surface area contributed by atoms with Gasteiger partial charge in [-0.2, -0.15) is 0 Å². The fraction of sp³-hybridized carbons (Fsp3) is 0.429. The molecule has 0 amide bonds. The number of aromatic carboxylic acids is 1. The molecule has 1 unspecified atom stereocenters. The lowest BCUT2D eigenvalue weighted by Crippen LogP contribution is -2.29. The van der Waals surface area contributed by atoms with Crippen molar-refractivity contribution in [1.29, 1.82) is 0 Å². The lowest BCUT2D eigenvalue weighted by atomic mass is 9.99. The van der Waals surface area contributed by atoms with E-state index in [0.29, 0.717) is 11.3 Å². The van der Waals surface area contributed by atoms with Crippen LogP contribution in [-0.4, -0.2) is 40.7 Å². The largest absolute Gasteiger partial charge is 0.497 e. The summed E-state index contributed by atoms with van der Waals surface area (Å²) in [6.07, 6.45) is 3.94. The maximum absolute atomic E-state index is 11.4. The van der Waals surface area contributed by atoms with Gasteiger partial charge in [0, 0.05) is 24.7 Å². The first-order valence-electron chi connectivity index (χ1n) is 6.70.